The van der Waals surface area contributed by atoms with Crippen LogP contribution in [0.3, 0.4) is 0 Å². The van der Waals surface area contributed by atoms with Gasteiger partial charge in [-0.1, -0.05) is 13.0 Å². The number of benzene rings is 1. The number of aromatic carboxylic acids is 1. The third-order valence-electron chi connectivity index (χ3n) is 3.67. The van der Waals surface area contributed by atoms with Crippen molar-refractivity contribution in [2.75, 3.05) is 0 Å². The maximum absolute atomic E-state index is 11.2. The van der Waals surface area contributed by atoms with Crippen LogP contribution in [-0.2, 0) is 6.42 Å². The highest BCUT2D eigenvalue weighted by atomic mass is 32.1. The minimum absolute atomic E-state index is 0.147. The predicted octanol–water partition coefficient (Wildman–Crippen LogP) is 3.97. The minimum Gasteiger partial charge on any atom is -0.478 e. The molecule has 0 radical (unpaired) electrons. The van der Waals surface area contributed by atoms with Crippen LogP contribution in [0.4, 0.5) is 0 Å². The lowest BCUT2D eigenvalue weighted by atomic mass is 10.2. The first kappa shape index (κ1) is 13.8. The average molecular weight is 300 g/mol. The summed E-state index contributed by atoms with van der Waals surface area (Å²) in [5, 5.41) is 11.2. The van der Waals surface area contributed by atoms with Crippen molar-refractivity contribution >= 4 is 28.3 Å². The fraction of sp³-hybridized carbons (Fsp3) is 0.250. The highest BCUT2D eigenvalue weighted by Crippen LogP contribution is 2.29. The molecular weight excluding hydrogens is 284 g/mol. The molecule has 21 heavy (non-hydrogen) atoms. The smallest absolute Gasteiger partial charge is 0.335 e. The highest BCUT2D eigenvalue weighted by Gasteiger charge is 2.18. The van der Waals surface area contributed by atoms with E-state index in [2.05, 4.69) is 34.8 Å². The van der Waals surface area contributed by atoms with Crippen LogP contribution in [-0.4, -0.2) is 20.6 Å². The van der Waals surface area contributed by atoms with Crippen LogP contribution in [0, 0.1) is 0 Å². The van der Waals surface area contributed by atoms with Gasteiger partial charge in [0.25, 0.3) is 0 Å². The van der Waals surface area contributed by atoms with E-state index in [-0.39, 0.29) is 6.04 Å². The van der Waals surface area contributed by atoms with E-state index in [9.17, 15) is 9.90 Å². The lowest BCUT2D eigenvalue weighted by Gasteiger charge is -2.16. The molecule has 1 unspecified atom stereocenters. The van der Waals surface area contributed by atoms with Crippen molar-refractivity contribution in [2.24, 2.45) is 0 Å². The summed E-state index contributed by atoms with van der Waals surface area (Å²) in [5.74, 6) is 0.0694. The Morgan fingerprint density at radius 2 is 2.24 bits per heavy atom. The van der Waals surface area contributed by atoms with Gasteiger partial charge in [-0.25, -0.2) is 9.78 Å². The van der Waals surface area contributed by atoms with Crippen LogP contribution >= 0.6 is 11.3 Å². The van der Waals surface area contributed by atoms with Crippen molar-refractivity contribution in [1.29, 1.82) is 0 Å². The highest BCUT2D eigenvalue weighted by molar-refractivity contribution is 7.10. The van der Waals surface area contributed by atoms with Crippen molar-refractivity contribution in [3.63, 3.8) is 0 Å². The number of aromatic nitrogens is 2. The van der Waals surface area contributed by atoms with Gasteiger partial charge in [0.2, 0.25) is 0 Å². The number of thiophene rings is 1. The molecule has 0 aliphatic heterocycles. The maximum atomic E-state index is 11.2. The van der Waals surface area contributed by atoms with Crippen LogP contribution in [0.15, 0.2) is 35.7 Å². The van der Waals surface area contributed by atoms with Crippen molar-refractivity contribution < 1.29 is 9.90 Å². The topological polar surface area (TPSA) is 55.1 Å². The third-order valence-corrected chi connectivity index (χ3v) is 4.71. The van der Waals surface area contributed by atoms with Gasteiger partial charge in [-0.2, -0.15) is 0 Å². The molecule has 1 atom stereocenters. The molecule has 5 heteroatoms. The number of hydrogen-bond donors (Lipinski definition) is 1. The molecule has 2 heterocycles. The summed E-state index contributed by atoms with van der Waals surface area (Å²) >= 11 is 1.70. The van der Waals surface area contributed by atoms with Crippen molar-refractivity contribution in [3.05, 3.63) is 52.0 Å². The van der Waals surface area contributed by atoms with E-state index in [1.165, 1.54) is 4.88 Å². The zero-order chi connectivity index (χ0) is 15.0. The van der Waals surface area contributed by atoms with Crippen molar-refractivity contribution in [1.82, 2.24) is 9.55 Å². The second-order valence-corrected chi connectivity index (χ2v) is 5.93. The Balaban J connectivity index is 2.23. The lowest BCUT2D eigenvalue weighted by Crippen LogP contribution is -2.09. The normalized spacial score (nSPS) is 12.7. The Kier molecular flexibility index (Phi) is 3.51. The number of aryl methyl sites for hydroxylation is 1. The molecular formula is C16H16N2O2S. The largest absolute Gasteiger partial charge is 0.478 e. The minimum atomic E-state index is -0.911. The van der Waals surface area contributed by atoms with Crippen LogP contribution < -0.4 is 0 Å². The standard InChI is InChI=1S/C16H16N2O2S/c1-3-15-17-12-7-6-11(16(19)20)9-13(12)18(15)10(2)14-5-4-8-21-14/h4-10H,3H2,1-2H3,(H,19,20). The van der Waals surface area contributed by atoms with Gasteiger partial charge in [0.05, 0.1) is 22.6 Å². The quantitative estimate of drug-likeness (QED) is 0.793. The zero-order valence-electron chi connectivity index (χ0n) is 11.9. The van der Waals surface area contributed by atoms with Crippen LogP contribution in [0.1, 0.15) is 40.9 Å². The van der Waals surface area contributed by atoms with Gasteiger partial charge in [-0.3, -0.25) is 0 Å². The molecule has 0 aliphatic carbocycles. The molecule has 0 saturated heterocycles. The number of hydrogen-bond acceptors (Lipinski definition) is 3. The Hall–Kier alpha value is -2.14. The van der Waals surface area contributed by atoms with Gasteiger partial charge < -0.3 is 9.67 Å². The average Bonchev–Trinajstić information content (AvgIpc) is 3.12. The monoisotopic (exact) mass is 300 g/mol. The van der Waals surface area contributed by atoms with Crippen LogP contribution in [0.5, 0.6) is 0 Å². The number of carboxylic acid groups (broad SMARTS) is 1. The number of carboxylic acids is 1. The Morgan fingerprint density at radius 1 is 1.43 bits per heavy atom. The van der Waals surface area contributed by atoms with E-state index in [4.69, 9.17) is 0 Å². The SMILES string of the molecule is CCc1nc2ccc(C(=O)O)cc2n1C(C)c1cccs1. The summed E-state index contributed by atoms with van der Waals surface area (Å²) in [4.78, 5) is 17.1. The van der Waals surface area contributed by atoms with Gasteiger partial charge >= 0.3 is 5.97 Å². The first-order chi connectivity index (χ1) is 10.1. The van der Waals surface area contributed by atoms with Gasteiger partial charge in [-0.15, -0.1) is 11.3 Å². The molecule has 108 valence electrons. The summed E-state index contributed by atoms with van der Waals surface area (Å²) in [6, 6.07) is 9.39. The lowest BCUT2D eigenvalue weighted by molar-refractivity contribution is 0.0697. The molecule has 0 fully saturated rings. The summed E-state index contributed by atoms with van der Waals surface area (Å²) in [5.41, 5.74) is 2.03. The molecule has 4 nitrogen and oxygen atoms in total. The van der Waals surface area contributed by atoms with Crippen molar-refractivity contribution in [3.8, 4) is 0 Å². The summed E-state index contributed by atoms with van der Waals surface area (Å²) in [7, 11) is 0. The van der Waals surface area contributed by atoms with Crippen LogP contribution in [0.25, 0.3) is 11.0 Å². The van der Waals surface area contributed by atoms with Gasteiger partial charge in [0.15, 0.2) is 0 Å². The fourth-order valence-corrected chi connectivity index (χ4v) is 3.39. The maximum Gasteiger partial charge on any atom is 0.335 e. The fourth-order valence-electron chi connectivity index (χ4n) is 2.61. The Bertz CT molecular complexity index is 790. The van der Waals surface area contributed by atoms with Crippen LogP contribution in [0.2, 0.25) is 0 Å². The molecule has 0 saturated carbocycles. The first-order valence-corrected chi connectivity index (χ1v) is 7.77. The molecule has 3 rings (SSSR count). The molecule has 0 amide bonds. The summed E-state index contributed by atoms with van der Waals surface area (Å²) < 4.78 is 2.15. The van der Waals surface area contributed by atoms with E-state index in [1.807, 2.05) is 6.07 Å². The Labute approximate surface area is 126 Å². The van der Waals surface area contributed by atoms with E-state index >= 15 is 0 Å². The zero-order valence-corrected chi connectivity index (χ0v) is 12.7. The third kappa shape index (κ3) is 2.34. The number of nitrogens with zero attached hydrogens (tertiary/aromatic N) is 2. The van der Waals surface area contributed by atoms with Gasteiger partial charge in [-0.05, 0) is 36.6 Å². The number of rotatable bonds is 4. The van der Waals surface area contributed by atoms with E-state index in [1.54, 1.807) is 29.5 Å². The van der Waals surface area contributed by atoms with Crippen molar-refractivity contribution in [2.45, 2.75) is 26.3 Å². The van der Waals surface area contributed by atoms with E-state index in [0.717, 1.165) is 23.3 Å². The summed E-state index contributed by atoms with van der Waals surface area (Å²) in [6.45, 7) is 4.19. The van der Waals surface area contributed by atoms with Gasteiger partial charge in [0.1, 0.15) is 5.82 Å². The second-order valence-electron chi connectivity index (χ2n) is 4.95. The van der Waals surface area contributed by atoms with E-state index in [0.29, 0.717) is 5.56 Å². The molecule has 3 aromatic rings. The van der Waals surface area contributed by atoms with Gasteiger partial charge in [0, 0.05) is 11.3 Å². The molecule has 2 aromatic heterocycles. The van der Waals surface area contributed by atoms with E-state index < -0.39 is 5.97 Å². The second kappa shape index (κ2) is 5.33. The molecule has 0 spiro atoms. The number of carbonyl (C=O) groups is 1. The molecule has 1 aromatic carbocycles. The molecule has 0 bridgehead atoms. The predicted molar refractivity (Wildman–Crippen MR) is 84.2 cm³/mol. The summed E-state index contributed by atoms with van der Waals surface area (Å²) in [6.07, 6.45) is 0.812. The Morgan fingerprint density at radius 3 is 2.86 bits per heavy atom. The number of fused-ring (bicyclic) bond motifs is 1. The first-order valence-electron chi connectivity index (χ1n) is 6.89. The molecule has 0 aliphatic rings. The number of imidazole rings is 1. The molecule has 1 N–H and O–H groups in total.